The van der Waals surface area contributed by atoms with Crippen molar-refractivity contribution >= 4 is 11.8 Å². The number of hydrogen-bond donors (Lipinski definition) is 2. The van der Waals surface area contributed by atoms with Gasteiger partial charge in [0.05, 0.1) is 6.04 Å². The lowest BCUT2D eigenvalue weighted by Crippen LogP contribution is -2.50. The maximum atomic E-state index is 12.4. The first-order chi connectivity index (χ1) is 11.9. The van der Waals surface area contributed by atoms with Gasteiger partial charge in [0.2, 0.25) is 11.8 Å². The molecule has 138 valence electrons. The second-order valence-electron chi connectivity index (χ2n) is 7.21. The van der Waals surface area contributed by atoms with Gasteiger partial charge in [-0.1, -0.05) is 50.1 Å². The Balaban J connectivity index is 1.78. The second kappa shape index (κ2) is 8.99. The van der Waals surface area contributed by atoms with Crippen molar-refractivity contribution in [3.8, 4) is 0 Å². The van der Waals surface area contributed by atoms with Gasteiger partial charge < -0.3 is 16.0 Å². The first-order valence-corrected chi connectivity index (χ1v) is 9.30. The summed E-state index contributed by atoms with van der Waals surface area (Å²) in [5.41, 5.74) is 8.36. The topological polar surface area (TPSA) is 75.4 Å². The standard InChI is InChI=1S/C20H31N3O2/c1-4-15(3)18(21)20(25)23-11-9-17(10-12-23)19(24)22-13-16-7-5-14(2)6-8-16/h5-8,15,17-18H,4,9-13,21H2,1-3H3,(H,22,24). The van der Waals surface area contributed by atoms with E-state index in [0.29, 0.717) is 32.5 Å². The molecule has 3 N–H and O–H groups in total. The van der Waals surface area contributed by atoms with Crippen LogP contribution in [0.3, 0.4) is 0 Å². The minimum absolute atomic E-state index is 0.0191. The van der Waals surface area contributed by atoms with Crippen LogP contribution in [0, 0.1) is 18.8 Å². The van der Waals surface area contributed by atoms with Crippen LogP contribution < -0.4 is 11.1 Å². The van der Waals surface area contributed by atoms with Gasteiger partial charge in [0.1, 0.15) is 0 Å². The fourth-order valence-corrected chi connectivity index (χ4v) is 3.11. The van der Waals surface area contributed by atoms with Crippen LogP contribution in [-0.2, 0) is 16.1 Å². The van der Waals surface area contributed by atoms with E-state index in [0.717, 1.165) is 12.0 Å². The number of hydrogen-bond acceptors (Lipinski definition) is 3. The highest BCUT2D eigenvalue weighted by molar-refractivity contribution is 5.83. The maximum absolute atomic E-state index is 12.4. The summed E-state index contributed by atoms with van der Waals surface area (Å²) < 4.78 is 0. The summed E-state index contributed by atoms with van der Waals surface area (Å²) >= 11 is 0. The highest BCUT2D eigenvalue weighted by Gasteiger charge is 2.30. The first-order valence-electron chi connectivity index (χ1n) is 9.30. The molecule has 0 saturated carbocycles. The summed E-state index contributed by atoms with van der Waals surface area (Å²) in [5.74, 6) is 0.268. The molecule has 5 nitrogen and oxygen atoms in total. The van der Waals surface area contributed by atoms with Crippen molar-refractivity contribution in [3.05, 3.63) is 35.4 Å². The van der Waals surface area contributed by atoms with Crippen LogP contribution in [0.2, 0.25) is 0 Å². The van der Waals surface area contributed by atoms with Gasteiger partial charge in [-0.15, -0.1) is 0 Å². The molecule has 0 bridgehead atoms. The van der Waals surface area contributed by atoms with Crippen molar-refractivity contribution < 1.29 is 9.59 Å². The zero-order valence-corrected chi connectivity index (χ0v) is 15.6. The Morgan fingerprint density at radius 1 is 1.24 bits per heavy atom. The van der Waals surface area contributed by atoms with Gasteiger partial charge in [-0.05, 0) is 31.2 Å². The molecule has 2 atom stereocenters. The SMILES string of the molecule is CCC(C)C(N)C(=O)N1CCC(C(=O)NCc2ccc(C)cc2)CC1. The average molecular weight is 345 g/mol. The van der Waals surface area contributed by atoms with Crippen molar-refractivity contribution in [2.45, 2.75) is 52.6 Å². The molecule has 0 aliphatic carbocycles. The third-order valence-electron chi connectivity index (χ3n) is 5.31. The molecule has 1 fully saturated rings. The number of amides is 2. The van der Waals surface area contributed by atoms with Crippen LogP contribution in [0.4, 0.5) is 0 Å². The number of nitrogens with zero attached hydrogens (tertiary/aromatic N) is 1. The number of rotatable bonds is 6. The summed E-state index contributed by atoms with van der Waals surface area (Å²) in [4.78, 5) is 26.6. The monoisotopic (exact) mass is 345 g/mol. The number of carbonyl (C=O) groups excluding carboxylic acids is 2. The van der Waals surface area contributed by atoms with Gasteiger partial charge in [0.25, 0.3) is 0 Å². The predicted octanol–water partition coefficient (Wildman–Crippen LogP) is 2.22. The number of carbonyl (C=O) groups is 2. The van der Waals surface area contributed by atoms with Gasteiger partial charge >= 0.3 is 0 Å². The summed E-state index contributed by atoms with van der Waals surface area (Å²) in [5, 5.41) is 3.02. The fraction of sp³-hybridized carbons (Fsp3) is 0.600. The van der Waals surface area contributed by atoms with Crippen molar-refractivity contribution in [1.29, 1.82) is 0 Å². The van der Waals surface area contributed by atoms with Crippen LogP contribution in [0.25, 0.3) is 0 Å². The number of aryl methyl sites for hydroxylation is 1. The van der Waals surface area contributed by atoms with Crippen molar-refractivity contribution in [1.82, 2.24) is 10.2 Å². The molecule has 25 heavy (non-hydrogen) atoms. The molecular formula is C20H31N3O2. The average Bonchev–Trinajstić information content (AvgIpc) is 2.65. The van der Waals surface area contributed by atoms with E-state index in [1.54, 1.807) is 0 Å². The molecule has 2 amide bonds. The predicted molar refractivity (Wildman–Crippen MR) is 99.8 cm³/mol. The zero-order valence-electron chi connectivity index (χ0n) is 15.6. The molecule has 0 spiro atoms. The second-order valence-corrected chi connectivity index (χ2v) is 7.21. The molecule has 1 aromatic rings. The highest BCUT2D eigenvalue weighted by Crippen LogP contribution is 2.19. The fourth-order valence-electron chi connectivity index (χ4n) is 3.11. The highest BCUT2D eigenvalue weighted by atomic mass is 16.2. The van der Waals surface area contributed by atoms with Gasteiger partial charge in [-0.2, -0.15) is 0 Å². The molecule has 2 unspecified atom stereocenters. The Hall–Kier alpha value is -1.88. The maximum Gasteiger partial charge on any atom is 0.239 e. The number of piperidine rings is 1. The lowest BCUT2D eigenvalue weighted by molar-refractivity contribution is -0.137. The van der Waals surface area contributed by atoms with E-state index in [1.807, 2.05) is 49.9 Å². The van der Waals surface area contributed by atoms with E-state index in [9.17, 15) is 9.59 Å². The minimum atomic E-state index is -0.433. The van der Waals surface area contributed by atoms with Gasteiger partial charge in [0, 0.05) is 25.6 Å². The van der Waals surface area contributed by atoms with Crippen LogP contribution in [0.15, 0.2) is 24.3 Å². The molecule has 5 heteroatoms. The van der Waals surface area contributed by atoms with Crippen molar-refractivity contribution in [2.75, 3.05) is 13.1 Å². The molecule has 0 aromatic heterocycles. The van der Waals surface area contributed by atoms with Crippen LogP contribution in [-0.4, -0.2) is 35.8 Å². The van der Waals surface area contributed by atoms with E-state index >= 15 is 0 Å². The molecule has 1 aliphatic heterocycles. The van der Waals surface area contributed by atoms with Crippen LogP contribution in [0.1, 0.15) is 44.2 Å². The van der Waals surface area contributed by atoms with Crippen molar-refractivity contribution in [3.63, 3.8) is 0 Å². The molecule has 1 saturated heterocycles. The molecule has 0 radical (unpaired) electrons. The van der Waals surface area contributed by atoms with E-state index in [4.69, 9.17) is 5.73 Å². The van der Waals surface area contributed by atoms with Gasteiger partial charge in [-0.3, -0.25) is 9.59 Å². The zero-order chi connectivity index (χ0) is 18.4. The summed E-state index contributed by atoms with van der Waals surface area (Å²) in [6.45, 7) is 7.88. The molecule has 1 aliphatic rings. The summed E-state index contributed by atoms with van der Waals surface area (Å²) in [6, 6.07) is 7.73. The van der Waals surface area contributed by atoms with E-state index in [2.05, 4.69) is 5.32 Å². The lowest BCUT2D eigenvalue weighted by atomic mass is 9.93. The van der Waals surface area contributed by atoms with Gasteiger partial charge in [-0.25, -0.2) is 0 Å². The van der Waals surface area contributed by atoms with Crippen LogP contribution in [0.5, 0.6) is 0 Å². The Bertz CT molecular complexity index is 577. The quantitative estimate of drug-likeness (QED) is 0.830. The first kappa shape index (κ1) is 19.4. The summed E-state index contributed by atoms with van der Waals surface area (Å²) in [7, 11) is 0. The number of nitrogens with one attached hydrogen (secondary N) is 1. The summed E-state index contributed by atoms with van der Waals surface area (Å²) in [6.07, 6.45) is 2.31. The Kier molecular flexibility index (Phi) is 7.00. The number of nitrogens with two attached hydrogens (primary N) is 1. The van der Waals surface area contributed by atoms with Gasteiger partial charge in [0.15, 0.2) is 0 Å². The normalized spacial score (nSPS) is 17.8. The Morgan fingerprint density at radius 3 is 2.40 bits per heavy atom. The van der Waals surface area contributed by atoms with Crippen molar-refractivity contribution in [2.24, 2.45) is 17.6 Å². The molecule has 1 aromatic carbocycles. The molecule has 2 rings (SSSR count). The third-order valence-corrected chi connectivity index (χ3v) is 5.31. The molecule has 1 heterocycles. The Labute approximate surface area is 151 Å². The van der Waals surface area contributed by atoms with E-state index < -0.39 is 6.04 Å². The number of likely N-dealkylation sites (tertiary alicyclic amines) is 1. The van der Waals surface area contributed by atoms with Crippen LogP contribution >= 0.6 is 0 Å². The minimum Gasteiger partial charge on any atom is -0.352 e. The number of benzene rings is 1. The smallest absolute Gasteiger partial charge is 0.239 e. The largest absolute Gasteiger partial charge is 0.352 e. The van der Waals surface area contributed by atoms with E-state index in [-0.39, 0.29) is 23.7 Å². The van der Waals surface area contributed by atoms with E-state index in [1.165, 1.54) is 5.56 Å². The Morgan fingerprint density at radius 2 is 1.84 bits per heavy atom. The molecular weight excluding hydrogens is 314 g/mol. The lowest BCUT2D eigenvalue weighted by Gasteiger charge is -2.34. The third kappa shape index (κ3) is 5.30.